The van der Waals surface area contributed by atoms with Crippen molar-refractivity contribution in [3.05, 3.63) is 89.4 Å². The Morgan fingerprint density at radius 2 is 1.51 bits per heavy atom. The van der Waals surface area contributed by atoms with E-state index >= 15 is 0 Å². The lowest BCUT2D eigenvalue weighted by Gasteiger charge is -2.40. The number of halogens is 1. The molecular weight excluding hydrogens is 488 g/mol. The molecule has 0 bridgehead atoms. The number of hydrogen-bond donors (Lipinski definition) is 0. The zero-order chi connectivity index (χ0) is 24.9. The standard InChI is InChI=1S/C27H27ClO6S/c1-32-26(29)27(15-17-33-18-16-27)25(19-20-5-3-2-4-6-20)35(30,31)24-13-11-23(12-14-24)34-22-9-7-21(28)8-10-22/h2-14,25H,15-19H2,1H3. The summed E-state index contributed by atoms with van der Waals surface area (Å²) in [5.74, 6) is 0.548. The Kier molecular flexibility index (Phi) is 7.79. The van der Waals surface area contributed by atoms with Crippen LogP contribution in [0.4, 0.5) is 0 Å². The third-order valence-electron chi connectivity index (χ3n) is 6.43. The van der Waals surface area contributed by atoms with Gasteiger partial charge in [0.05, 0.1) is 22.7 Å². The topological polar surface area (TPSA) is 78.9 Å². The first-order valence-corrected chi connectivity index (χ1v) is 13.2. The molecule has 0 aliphatic carbocycles. The molecule has 1 atom stereocenters. The molecule has 0 radical (unpaired) electrons. The largest absolute Gasteiger partial charge is 0.469 e. The summed E-state index contributed by atoms with van der Waals surface area (Å²) >= 11 is 5.92. The van der Waals surface area contributed by atoms with Gasteiger partial charge in [0.2, 0.25) is 0 Å². The first-order chi connectivity index (χ1) is 16.8. The van der Waals surface area contributed by atoms with Crippen molar-refractivity contribution in [2.24, 2.45) is 5.41 Å². The summed E-state index contributed by atoms with van der Waals surface area (Å²) in [5, 5.41) is -0.423. The van der Waals surface area contributed by atoms with Crippen LogP contribution in [0.25, 0.3) is 0 Å². The lowest BCUT2D eigenvalue weighted by molar-refractivity contribution is -0.158. The van der Waals surface area contributed by atoms with Gasteiger partial charge >= 0.3 is 5.97 Å². The smallest absolute Gasteiger partial charge is 0.313 e. The van der Waals surface area contributed by atoms with Gasteiger partial charge in [-0.05, 0) is 73.4 Å². The zero-order valence-corrected chi connectivity index (χ0v) is 20.9. The summed E-state index contributed by atoms with van der Waals surface area (Å²) < 4.78 is 44.6. The summed E-state index contributed by atoms with van der Waals surface area (Å²) in [6.07, 6.45) is 0.726. The minimum Gasteiger partial charge on any atom is -0.469 e. The molecular formula is C27H27ClO6S. The predicted octanol–water partition coefficient (Wildman–Crippen LogP) is 5.49. The molecule has 0 aromatic heterocycles. The van der Waals surface area contributed by atoms with Gasteiger partial charge in [-0.2, -0.15) is 0 Å². The number of esters is 1. The Balaban J connectivity index is 1.70. The first-order valence-electron chi connectivity index (χ1n) is 11.3. The van der Waals surface area contributed by atoms with Crippen molar-refractivity contribution in [3.8, 4) is 11.5 Å². The van der Waals surface area contributed by atoms with Crippen LogP contribution in [0.2, 0.25) is 5.02 Å². The van der Waals surface area contributed by atoms with Gasteiger partial charge in [0.25, 0.3) is 0 Å². The molecule has 3 aromatic rings. The van der Waals surface area contributed by atoms with E-state index in [1.165, 1.54) is 19.2 Å². The van der Waals surface area contributed by atoms with E-state index in [2.05, 4.69) is 0 Å². The number of methoxy groups -OCH3 is 1. The maximum Gasteiger partial charge on any atom is 0.313 e. The molecule has 3 aromatic carbocycles. The molecule has 8 heteroatoms. The van der Waals surface area contributed by atoms with Gasteiger partial charge in [0, 0.05) is 18.2 Å². The molecule has 0 saturated carbocycles. The second-order valence-electron chi connectivity index (χ2n) is 8.51. The highest BCUT2D eigenvalue weighted by molar-refractivity contribution is 7.92. The average Bonchev–Trinajstić information content (AvgIpc) is 2.89. The van der Waals surface area contributed by atoms with Crippen molar-refractivity contribution >= 4 is 27.4 Å². The number of benzene rings is 3. The predicted molar refractivity (Wildman–Crippen MR) is 134 cm³/mol. The molecule has 1 aliphatic rings. The molecule has 1 unspecified atom stereocenters. The average molecular weight is 515 g/mol. The fourth-order valence-electron chi connectivity index (χ4n) is 4.53. The van der Waals surface area contributed by atoms with E-state index in [1.807, 2.05) is 30.3 Å². The molecule has 0 spiro atoms. The maximum atomic E-state index is 14.1. The molecule has 0 amide bonds. The highest BCUT2D eigenvalue weighted by Crippen LogP contribution is 2.43. The van der Waals surface area contributed by atoms with E-state index in [1.54, 1.807) is 36.4 Å². The van der Waals surface area contributed by atoms with E-state index in [9.17, 15) is 13.2 Å². The normalized spacial score (nSPS) is 16.3. The van der Waals surface area contributed by atoms with Crippen LogP contribution < -0.4 is 4.74 Å². The van der Waals surface area contributed by atoms with E-state index in [4.69, 9.17) is 25.8 Å². The van der Waals surface area contributed by atoms with Gasteiger partial charge < -0.3 is 14.2 Å². The van der Waals surface area contributed by atoms with Gasteiger partial charge in [-0.3, -0.25) is 4.79 Å². The van der Waals surface area contributed by atoms with Crippen LogP contribution in [0.5, 0.6) is 11.5 Å². The van der Waals surface area contributed by atoms with Crippen LogP contribution in [0.15, 0.2) is 83.8 Å². The SMILES string of the molecule is COC(=O)C1(C(Cc2ccccc2)S(=O)(=O)c2ccc(Oc3ccc(Cl)cc3)cc2)CCOCC1. The second kappa shape index (κ2) is 10.8. The molecule has 1 fully saturated rings. The van der Waals surface area contributed by atoms with Crippen LogP contribution in [0, 0.1) is 5.41 Å². The van der Waals surface area contributed by atoms with Crippen molar-refractivity contribution in [1.82, 2.24) is 0 Å². The molecule has 1 aliphatic heterocycles. The molecule has 1 heterocycles. The van der Waals surface area contributed by atoms with Gasteiger partial charge in [0.15, 0.2) is 9.84 Å². The van der Waals surface area contributed by atoms with Gasteiger partial charge in [-0.15, -0.1) is 0 Å². The van der Waals surface area contributed by atoms with Gasteiger partial charge in [-0.1, -0.05) is 41.9 Å². The quantitative estimate of drug-likeness (QED) is 0.370. The third kappa shape index (κ3) is 5.53. The molecule has 0 N–H and O–H groups in total. The van der Waals surface area contributed by atoms with Crippen molar-refractivity contribution in [2.45, 2.75) is 29.4 Å². The lowest BCUT2D eigenvalue weighted by atomic mass is 9.75. The van der Waals surface area contributed by atoms with Crippen LogP contribution in [0.1, 0.15) is 18.4 Å². The van der Waals surface area contributed by atoms with Crippen LogP contribution >= 0.6 is 11.6 Å². The van der Waals surface area contributed by atoms with E-state index < -0.39 is 26.5 Å². The minimum atomic E-state index is -3.94. The van der Waals surface area contributed by atoms with Gasteiger partial charge in [0.1, 0.15) is 11.5 Å². The first kappa shape index (κ1) is 25.2. The van der Waals surface area contributed by atoms with E-state index in [0.717, 1.165) is 5.56 Å². The molecule has 35 heavy (non-hydrogen) atoms. The number of sulfone groups is 1. The monoisotopic (exact) mass is 514 g/mol. The highest BCUT2D eigenvalue weighted by atomic mass is 35.5. The second-order valence-corrected chi connectivity index (χ2v) is 11.1. The van der Waals surface area contributed by atoms with E-state index in [0.29, 0.717) is 29.7 Å². The Bertz CT molecular complexity index is 1240. The van der Waals surface area contributed by atoms with Crippen molar-refractivity contribution in [3.63, 3.8) is 0 Å². The zero-order valence-electron chi connectivity index (χ0n) is 19.4. The highest BCUT2D eigenvalue weighted by Gasteiger charge is 2.53. The lowest BCUT2D eigenvalue weighted by Crippen LogP contribution is -2.51. The number of carbonyl (C=O) groups excluding carboxylic acids is 1. The third-order valence-corrected chi connectivity index (χ3v) is 8.98. The van der Waals surface area contributed by atoms with Crippen molar-refractivity contribution < 1.29 is 27.4 Å². The molecule has 6 nitrogen and oxygen atoms in total. The van der Waals surface area contributed by atoms with Gasteiger partial charge in [-0.25, -0.2) is 8.42 Å². The van der Waals surface area contributed by atoms with E-state index in [-0.39, 0.29) is 24.2 Å². The number of carbonyl (C=O) groups is 1. The minimum absolute atomic E-state index is 0.122. The summed E-state index contributed by atoms with van der Waals surface area (Å²) in [5.41, 5.74) is -0.376. The van der Waals surface area contributed by atoms with Crippen LogP contribution in [0.3, 0.4) is 0 Å². The Hall–Kier alpha value is -2.87. The summed E-state index contributed by atoms with van der Waals surface area (Å²) in [7, 11) is -2.64. The fraction of sp³-hybridized carbons (Fsp3) is 0.296. The molecule has 184 valence electrons. The van der Waals surface area contributed by atoms with Crippen LogP contribution in [-0.2, 0) is 30.5 Å². The fourth-order valence-corrected chi connectivity index (χ4v) is 6.83. The van der Waals surface area contributed by atoms with Crippen molar-refractivity contribution in [1.29, 1.82) is 0 Å². The Labute approximate surface area is 210 Å². The van der Waals surface area contributed by atoms with Crippen molar-refractivity contribution in [2.75, 3.05) is 20.3 Å². The number of rotatable bonds is 8. The number of hydrogen-bond acceptors (Lipinski definition) is 6. The molecule has 1 saturated heterocycles. The Morgan fingerprint density at radius 1 is 0.943 bits per heavy atom. The van der Waals surface area contributed by atoms with Crippen LogP contribution in [-0.4, -0.2) is 40.0 Å². The summed E-state index contributed by atoms with van der Waals surface area (Å²) in [6, 6.07) is 22.5. The summed E-state index contributed by atoms with van der Waals surface area (Å²) in [4.78, 5) is 13.2. The number of ether oxygens (including phenoxy) is 3. The Morgan fingerprint density at radius 3 is 2.09 bits per heavy atom. The summed E-state index contributed by atoms with van der Waals surface area (Å²) in [6.45, 7) is 0.591. The molecule has 4 rings (SSSR count). The maximum absolute atomic E-state index is 14.1.